The van der Waals surface area contributed by atoms with Crippen molar-refractivity contribution >= 4 is 0 Å². The van der Waals surface area contributed by atoms with Gasteiger partial charge in [0.25, 0.3) is 0 Å². The first kappa shape index (κ1) is 15.2. The first-order valence-electron chi connectivity index (χ1n) is 6.82. The fourth-order valence-electron chi connectivity index (χ4n) is 1.48. The van der Waals surface area contributed by atoms with Crippen LogP contribution < -0.4 is 5.32 Å². The molecule has 0 spiro atoms. The van der Waals surface area contributed by atoms with E-state index in [1.807, 2.05) is 0 Å². The highest BCUT2D eigenvalue weighted by Gasteiger charge is 2.24. The summed E-state index contributed by atoms with van der Waals surface area (Å²) in [6, 6.07) is 0. The fraction of sp³-hybridized carbons (Fsp3) is 0.857. The zero-order chi connectivity index (χ0) is 13.8. The molecule has 0 aliphatic heterocycles. The Bertz CT molecular complexity index is 363. The van der Waals surface area contributed by atoms with E-state index in [1.165, 1.54) is 0 Å². The van der Waals surface area contributed by atoms with E-state index in [0.29, 0.717) is 0 Å². The van der Waals surface area contributed by atoms with Crippen molar-refractivity contribution in [3.05, 3.63) is 11.8 Å². The van der Waals surface area contributed by atoms with Crippen LogP contribution >= 0.6 is 0 Å². The molecule has 1 rings (SSSR count). The molecule has 4 heteroatoms. The van der Waals surface area contributed by atoms with E-state index < -0.39 is 0 Å². The van der Waals surface area contributed by atoms with Crippen LogP contribution in [0.2, 0.25) is 0 Å². The summed E-state index contributed by atoms with van der Waals surface area (Å²) in [6.45, 7) is 13.9. The van der Waals surface area contributed by atoms with Crippen molar-refractivity contribution in [2.24, 2.45) is 0 Å². The highest BCUT2D eigenvalue weighted by Crippen LogP contribution is 2.25. The van der Waals surface area contributed by atoms with Crippen molar-refractivity contribution in [1.82, 2.24) is 15.5 Å². The standard InChI is InChI=1S/C14H27N3O/c1-7-14(5,6)12-17-16-11(18-12)9-8-10-15-13(2,3)4/h15H,7-10H2,1-6H3. The number of aryl methyl sites for hydroxylation is 1. The van der Waals surface area contributed by atoms with E-state index >= 15 is 0 Å². The SMILES string of the molecule is CCC(C)(C)c1nnc(CCCNC(C)(C)C)o1. The molecule has 0 aliphatic rings. The quantitative estimate of drug-likeness (QED) is 0.792. The van der Waals surface area contributed by atoms with Gasteiger partial charge in [-0.2, -0.15) is 0 Å². The molecule has 1 aromatic heterocycles. The van der Waals surface area contributed by atoms with E-state index in [1.54, 1.807) is 0 Å². The Balaban J connectivity index is 2.41. The first-order valence-corrected chi connectivity index (χ1v) is 6.82. The lowest BCUT2D eigenvalue weighted by atomic mass is 9.90. The van der Waals surface area contributed by atoms with Crippen LogP contribution in [-0.4, -0.2) is 22.3 Å². The van der Waals surface area contributed by atoms with Crippen molar-refractivity contribution in [2.45, 2.75) is 71.8 Å². The third kappa shape index (κ3) is 4.77. The van der Waals surface area contributed by atoms with Crippen molar-refractivity contribution in [2.75, 3.05) is 6.54 Å². The molecule has 0 aromatic carbocycles. The Morgan fingerprint density at radius 2 is 1.78 bits per heavy atom. The third-order valence-electron chi connectivity index (χ3n) is 3.15. The van der Waals surface area contributed by atoms with Gasteiger partial charge in [-0.3, -0.25) is 0 Å². The number of rotatable bonds is 6. The molecule has 0 amide bonds. The van der Waals surface area contributed by atoms with Crippen LogP contribution in [0.25, 0.3) is 0 Å². The van der Waals surface area contributed by atoms with Crippen LogP contribution in [0.5, 0.6) is 0 Å². The van der Waals surface area contributed by atoms with Gasteiger partial charge < -0.3 is 9.73 Å². The van der Waals surface area contributed by atoms with E-state index in [0.717, 1.165) is 37.6 Å². The first-order chi connectivity index (χ1) is 8.24. The zero-order valence-corrected chi connectivity index (χ0v) is 12.6. The highest BCUT2D eigenvalue weighted by molar-refractivity contribution is 4.98. The minimum absolute atomic E-state index is 0.0189. The van der Waals surface area contributed by atoms with Crippen molar-refractivity contribution < 1.29 is 4.42 Å². The molecule has 1 aromatic rings. The Morgan fingerprint density at radius 3 is 2.33 bits per heavy atom. The molecule has 0 atom stereocenters. The van der Waals surface area contributed by atoms with Crippen LogP contribution in [0.4, 0.5) is 0 Å². The van der Waals surface area contributed by atoms with Crippen molar-refractivity contribution in [3.8, 4) is 0 Å². The number of aromatic nitrogens is 2. The summed E-state index contributed by atoms with van der Waals surface area (Å²) in [7, 11) is 0. The molecule has 18 heavy (non-hydrogen) atoms. The molecular formula is C14H27N3O. The van der Waals surface area contributed by atoms with Gasteiger partial charge in [0.05, 0.1) is 0 Å². The molecule has 1 N–H and O–H groups in total. The minimum atomic E-state index is -0.0189. The van der Waals surface area contributed by atoms with Crippen LogP contribution in [0.1, 0.15) is 66.2 Å². The second-order valence-electron chi connectivity index (χ2n) is 6.52. The summed E-state index contributed by atoms with van der Waals surface area (Å²) in [5.74, 6) is 1.51. The maximum absolute atomic E-state index is 5.72. The second-order valence-corrected chi connectivity index (χ2v) is 6.52. The molecular weight excluding hydrogens is 226 g/mol. The zero-order valence-electron chi connectivity index (χ0n) is 12.6. The van der Waals surface area contributed by atoms with E-state index in [-0.39, 0.29) is 11.0 Å². The average molecular weight is 253 g/mol. The van der Waals surface area contributed by atoms with Crippen LogP contribution in [0.3, 0.4) is 0 Å². The molecule has 0 bridgehead atoms. The number of hydrogen-bond donors (Lipinski definition) is 1. The van der Waals surface area contributed by atoms with Crippen molar-refractivity contribution in [1.29, 1.82) is 0 Å². The number of hydrogen-bond acceptors (Lipinski definition) is 4. The van der Waals surface area contributed by atoms with Gasteiger partial charge in [0, 0.05) is 17.4 Å². The number of nitrogens with zero attached hydrogens (tertiary/aromatic N) is 2. The summed E-state index contributed by atoms with van der Waals surface area (Å²) in [5, 5.41) is 11.7. The Morgan fingerprint density at radius 1 is 1.11 bits per heavy atom. The normalized spacial score (nSPS) is 13.0. The Kier molecular flexibility index (Phi) is 4.91. The number of nitrogens with one attached hydrogen (secondary N) is 1. The predicted octanol–water partition coefficient (Wildman–Crippen LogP) is 3.08. The van der Waals surface area contributed by atoms with E-state index in [9.17, 15) is 0 Å². The Hall–Kier alpha value is -0.900. The lowest BCUT2D eigenvalue weighted by molar-refractivity contribution is 0.340. The van der Waals surface area contributed by atoms with Crippen LogP contribution in [0.15, 0.2) is 4.42 Å². The summed E-state index contributed by atoms with van der Waals surface area (Å²) < 4.78 is 5.72. The van der Waals surface area contributed by atoms with Gasteiger partial charge in [0.1, 0.15) is 0 Å². The lowest BCUT2D eigenvalue weighted by Gasteiger charge is -2.20. The molecule has 0 fully saturated rings. The molecule has 4 nitrogen and oxygen atoms in total. The summed E-state index contributed by atoms with van der Waals surface area (Å²) in [6.07, 6.45) is 2.86. The van der Waals surface area contributed by atoms with Gasteiger partial charge in [0.15, 0.2) is 0 Å². The van der Waals surface area contributed by atoms with Crippen LogP contribution in [-0.2, 0) is 11.8 Å². The molecule has 0 radical (unpaired) electrons. The predicted molar refractivity (Wildman–Crippen MR) is 73.7 cm³/mol. The summed E-state index contributed by atoms with van der Waals surface area (Å²) >= 11 is 0. The minimum Gasteiger partial charge on any atom is -0.425 e. The summed E-state index contributed by atoms with van der Waals surface area (Å²) in [5.41, 5.74) is 0.152. The summed E-state index contributed by atoms with van der Waals surface area (Å²) in [4.78, 5) is 0. The second kappa shape index (κ2) is 5.83. The lowest BCUT2D eigenvalue weighted by Crippen LogP contribution is -2.36. The van der Waals surface area contributed by atoms with Crippen LogP contribution in [0, 0.1) is 0 Å². The van der Waals surface area contributed by atoms with Gasteiger partial charge in [-0.15, -0.1) is 10.2 Å². The molecule has 0 saturated carbocycles. The highest BCUT2D eigenvalue weighted by atomic mass is 16.4. The third-order valence-corrected chi connectivity index (χ3v) is 3.15. The maximum Gasteiger partial charge on any atom is 0.222 e. The molecule has 1 heterocycles. The average Bonchev–Trinajstić information content (AvgIpc) is 2.72. The van der Waals surface area contributed by atoms with E-state index in [2.05, 4.69) is 57.1 Å². The largest absolute Gasteiger partial charge is 0.425 e. The van der Waals surface area contributed by atoms with Gasteiger partial charge >= 0.3 is 0 Å². The van der Waals surface area contributed by atoms with Crippen molar-refractivity contribution in [3.63, 3.8) is 0 Å². The molecule has 0 saturated heterocycles. The van der Waals surface area contributed by atoms with Gasteiger partial charge in [-0.1, -0.05) is 20.8 Å². The van der Waals surface area contributed by atoms with Gasteiger partial charge in [0.2, 0.25) is 11.8 Å². The topological polar surface area (TPSA) is 51.0 Å². The fourth-order valence-corrected chi connectivity index (χ4v) is 1.48. The van der Waals surface area contributed by atoms with Gasteiger partial charge in [-0.05, 0) is 40.2 Å². The molecule has 0 aliphatic carbocycles. The molecule has 0 unspecified atom stereocenters. The maximum atomic E-state index is 5.72. The Labute approximate surface area is 111 Å². The monoisotopic (exact) mass is 253 g/mol. The molecule has 104 valence electrons. The van der Waals surface area contributed by atoms with Gasteiger partial charge in [-0.25, -0.2) is 0 Å². The smallest absolute Gasteiger partial charge is 0.222 e. The van der Waals surface area contributed by atoms with E-state index in [4.69, 9.17) is 4.42 Å².